The fraction of sp³-hybridized carbons (Fsp3) is 0.238. The molecule has 2 heterocycles. The predicted octanol–water partition coefficient (Wildman–Crippen LogP) is 3.44. The highest BCUT2D eigenvalue weighted by atomic mass is 32.2. The lowest BCUT2D eigenvalue weighted by molar-refractivity contribution is -0.121. The number of hydrazone groups is 1. The van der Waals surface area contributed by atoms with Gasteiger partial charge in [0.2, 0.25) is 5.91 Å². The molecule has 0 fully saturated rings. The Morgan fingerprint density at radius 2 is 2.00 bits per heavy atom. The second kappa shape index (κ2) is 7.24. The Kier molecular flexibility index (Phi) is 4.77. The van der Waals surface area contributed by atoms with Gasteiger partial charge >= 0.3 is 0 Å². The molecule has 2 unspecified atom stereocenters. The SMILES string of the molecule is COc1cc(S(C)=O)ccc1-c1cc2cc(C3=NNC(=O)CC3C)ccc2[nH]1. The van der Waals surface area contributed by atoms with Crippen molar-refractivity contribution >= 4 is 33.3 Å². The number of benzene rings is 2. The third-order valence-corrected chi connectivity index (χ3v) is 5.89. The molecule has 0 saturated carbocycles. The highest BCUT2D eigenvalue weighted by Gasteiger charge is 2.22. The number of methoxy groups -OCH3 is 1. The second-order valence-corrected chi connectivity index (χ2v) is 8.32. The van der Waals surface area contributed by atoms with Gasteiger partial charge in [-0.1, -0.05) is 13.0 Å². The van der Waals surface area contributed by atoms with Gasteiger partial charge in [-0.15, -0.1) is 0 Å². The van der Waals surface area contributed by atoms with Gasteiger partial charge in [-0.3, -0.25) is 9.00 Å². The van der Waals surface area contributed by atoms with E-state index in [1.54, 1.807) is 13.4 Å². The Labute approximate surface area is 165 Å². The van der Waals surface area contributed by atoms with Gasteiger partial charge in [0, 0.05) is 50.8 Å². The van der Waals surface area contributed by atoms with Crippen LogP contribution in [0.4, 0.5) is 0 Å². The molecule has 0 bridgehead atoms. The standard InChI is InChI=1S/C21H21N3O3S/c1-12-8-20(25)23-24-21(12)13-4-7-17-14(9-13)10-18(22-17)16-6-5-15(28(3)26)11-19(16)27-2/h4-7,9-12,22H,8H2,1-3H3,(H,23,25). The summed E-state index contributed by atoms with van der Waals surface area (Å²) >= 11 is 0. The molecule has 144 valence electrons. The molecule has 0 spiro atoms. The van der Waals surface area contributed by atoms with Crippen molar-refractivity contribution in [2.75, 3.05) is 13.4 Å². The lowest BCUT2D eigenvalue weighted by atomic mass is 9.93. The van der Waals surface area contributed by atoms with Crippen LogP contribution in [-0.2, 0) is 15.6 Å². The molecule has 1 aromatic heterocycles. The van der Waals surface area contributed by atoms with Gasteiger partial charge < -0.3 is 9.72 Å². The van der Waals surface area contributed by atoms with Crippen LogP contribution in [0.3, 0.4) is 0 Å². The monoisotopic (exact) mass is 395 g/mol. The Bertz CT molecular complexity index is 1130. The van der Waals surface area contributed by atoms with E-state index in [0.717, 1.165) is 38.3 Å². The fourth-order valence-electron chi connectivity index (χ4n) is 3.51. The van der Waals surface area contributed by atoms with Crippen LogP contribution in [0, 0.1) is 5.92 Å². The summed E-state index contributed by atoms with van der Waals surface area (Å²) in [5.41, 5.74) is 7.28. The predicted molar refractivity (Wildman–Crippen MR) is 111 cm³/mol. The molecule has 0 radical (unpaired) electrons. The van der Waals surface area contributed by atoms with E-state index >= 15 is 0 Å². The number of hydrogen-bond donors (Lipinski definition) is 2. The average Bonchev–Trinajstić information content (AvgIpc) is 3.10. The number of carbonyl (C=O) groups excluding carboxylic acids is 1. The minimum atomic E-state index is -1.07. The summed E-state index contributed by atoms with van der Waals surface area (Å²) < 4.78 is 17.3. The highest BCUT2D eigenvalue weighted by Crippen LogP contribution is 2.33. The summed E-state index contributed by atoms with van der Waals surface area (Å²) in [6, 6.07) is 13.7. The van der Waals surface area contributed by atoms with Crippen molar-refractivity contribution in [2.45, 2.75) is 18.2 Å². The van der Waals surface area contributed by atoms with Gasteiger partial charge in [-0.05, 0) is 42.0 Å². The van der Waals surface area contributed by atoms with Crippen LogP contribution in [0.15, 0.2) is 52.5 Å². The molecule has 7 heteroatoms. The number of amides is 1. The number of nitrogens with zero attached hydrogens (tertiary/aromatic N) is 1. The van der Waals surface area contributed by atoms with Gasteiger partial charge in [0.1, 0.15) is 5.75 Å². The van der Waals surface area contributed by atoms with Crippen LogP contribution < -0.4 is 10.2 Å². The number of rotatable bonds is 4. The van der Waals surface area contributed by atoms with Crippen LogP contribution in [0.5, 0.6) is 5.75 Å². The molecular weight excluding hydrogens is 374 g/mol. The van der Waals surface area contributed by atoms with Crippen molar-refractivity contribution in [3.05, 3.63) is 48.0 Å². The van der Waals surface area contributed by atoms with E-state index in [4.69, 9.17) is 4.74 Å². The van der Waals surface area contributed by atoms with E-state index in [1.807, 2.05) is 37.3 Å². The summed E-state index contributed by atoms with van der Waals surface area (Å²) in [6.45, 7) is 2.01. The first-order valence-corrected chi connectivity index (χ1v) is 10.5. The number of aromatic amines is 1. The van der Waals surface area contributed by atoms with E-state index in [1.165, 1.54) is 0 Å². The fourth-order valence-corrected chi connectivity index (χ4v) is 4.04. The zero-order valence-electron chi connectivity index (χ0n) is 15.9. The average molecular weight is 395 g/mol. The molecular formula is C21H21N3O3S. The van der Waals surface area contributed by atoms with Gasteiger partial charge in [0.25, 0.3) is 0 Å². The molecule has 1 amide bonds. The summed E-state index contributed by atoms with van der Waals surface area (Å²) in [4.78, 5) is 15.6. The minimum Gasteiger partial charge on any atom is -0.496 e. The molecule has 4 rings (SSSR count). The second-order valence-electron chi connectivity index (χ2n) is 6.94. The molecule has 0 saturated heterocycles. The van der Waals surface area contributed by atoms with Gasteiger partial charge in [0.15, 0.2) is 0 Å². The third kappa shape index (κ3) is 3.33. The normalized spacial score (nSPS) is 17.9. The van der Waals surface area contributed by atoms with Crippen molar-refractivity contribution in [3.8, 4) is 17.0 Å². The molecule has 1 aliphatic heterocycles. The van der Waals surface area contributed by atoms with Crippen molar-refractivity contribution in [2.24, 2.45) is 11.0 Å². The van der Waals surface area contributed by atoms with E-state index in [9.17, 15) is 9.00 Å². The molecule has 0 aliphatic carbocycles. The van der Waals surface area contributed by atoms with Crippen molar-refractivity contribution in [1.29, 1.82) is 0 Å². The topological polar surface area (TPSA) is 83.5 Å². The lowest BCUT2D eigenvalue weighted by Crippen LogP contribution is -2.31. The van der Waals surface area contributed by atoms with Crippen LogP contribution in [0.25, 0.3) is 22.2 Å². The van der Waals surface area contributed by atoms with Crippen LogP contribution in [-0.4, -0.2) is 34.2 Å². The van der Waals surface area contributed by atoms with Crippen molar-refractivity contribution in [1.82, 2.24) is 10.4 Å². The summed E-state index contributed by atoms with van der Waals surface area (Å²) in [6.07, 6.45) is 2.09. The highest BCUT2D eigenvalue weighted by molar-refractivity contribution is 7.84. The summed E-state index contributed by atoms with van der Waals surface area (Å²) in [7, 11) is 0.544. The molecule has 3 aromatic rings. The largest absolute Gasteiger partial charge is 0.496 e. The third-order valence-electron chi connectivity index (χ3n) is 4.97. The zero-order valence-corrected chi connectivity index (χ0v) is 16.7. The smallest absolute Gasteiger partial charge is 0.240 e. The molecule has 2 aromatic carbocycles. The summed E-state index contributed by atoms with van der Waals surface area (Å²) in [5, 5.41) is 5.29. The molecule has 28 heavy (non-hydrogen) atoms. The first-order valence-electron chi connectivity index (χ1n) is 8.97. The Balaban J connectivity index is 1.75. The number of aromatic nitrogens is 1. The zero-order chi connectivity index (χ0) is 19.8. The van der Waals surface area contributed by atoms with E-state index in [-0.39, 0.29) is 11.8 Å². The molecule has 2 atom stereocenters. The number of H-pyrrole nitrogens is 1. The Morgan fingerprint density at radius 3 is 2.71 bits per heavy atom. The Morgan fingerprint density at radius 1 is 1.18 bits per heavy atom. The molecule has 6 nitrogen and oxygen atoms in total. The number of carbonyl (C=O) groups is 1. The first kappa shape index (κ1) is 18.4. The maximum absolute atomic E-state index is 11.7. The van der Waals surface area contributed by atoms with Gasteiger partial charge in [-0.25, -0.2) is 5.43 Å². The van der Waals surface area contributed by atoms with Crippen LogP contribution in [0.1, 0.15) is 18.9 Å². The Hall–Kier alpha value is -2.93. The van der Waals surface area contributed by atoms with Crippen LogP contribution >= 0.6 is 0 Å². The number of nitrogens with one attached hydrogen (secondary N) is 2. The summed E-state index contributed by atoms with van der Waals surface area (Å²) in [5.74, 6) is 0.699. The lowest BCUT2D eigenvalue weighted by Gasteiger charge is -2.19. The van der Waals surface area contributed by atoms with Crippen molar-refractivity contribution in [3.63, 3.8) is 0 Å². The van der Waals surface area contributed by atoms with Crippen LogP contribution in [0.2, 0.25) is 0 Å². The quantitative estimate of drug-likeness (QED) is 0.710. The number of ether oxygens (including phenoxy) is 1. The van der Waals surface area contributed by atoms with Gasteiger partial charge in [-0.2, -0.15) is 5.10 Å². The van der Waals surface area contributed by atoms with E-state index in [0.29, 0.717) is 12.2 Å². The molecule has 1 aliphatic rings. The van der Waals surface area contributed by atoms with E-state index in [2.05, 4.69) is 27.6 Å². The molecule has 2 N–H and O–H groups in total. The maximum atomic E-state index is 11.7. The number of fused-ring (bicyclic) bond motifs is 1. The first-order chi connectivity index (χ1) is 13.5. The number of hydrogen-bond acceptors (Lipinski definition) is 4. The van der Waals surface area contributed by atoms with E-state index < -0.39 is 10.8 Å². The van der Waals surface area contributed by atoms with Crippen molar-refractivity contribution < 1.29 is 13.7 Å². The minimum absolute atomic E-state index is 0.0511. The maximum Gasteiger partial charge on any atom is 0.240 e. The van der Waals surface area contributed by atoms with Gasteiger partial charge in [0.05, 0.1) is 18.5 Å².